The lowest BCUT2D eigenvalue weighted by Gasteiger charge is -2.12. The minimum absolute atomic E-state index is 0.0120. The number of benzene rings is 1. The zero-order valence-corrected chi connectivity index (χ0v) is 13.4. The minimum Gasteiger partial charge on any atom is -0.465 e. The van der Waals surface area contributed by atoms with Crippen LogP contribution >= 0.6 is 11.6 Å². The number of nitrogens with zero attached hydrogens (tertiary/aromatic N) is 1. The SMILES string of the molecule is COC(=O)c1cc(C)nc(Cl)c1NC(=O)OCc1ccccc1. The molecular weight excluding hydrogens is 320 g/mol. The lowest BCUT2D eigenvalue weighted by Crippen LogP contribution is -2.17. The maximum atomic E-state index is 11.9. The van der Waals surface area contributed by atoms with Crippen molar-refractivity contribution in [1.82, 2.24) is 4.98 Å². The molecule has 7 heteroatoms. The molecule has 0 spiro atoms. The van der Waals surface area contributed by atoms with E-state index < -0.39 is 12.1 Å². The van der Waals surface area contributed by atoms with Crippen LogP contribution in [0.1, 0.15) is 21.6 Å². The van der Waals surface area contributed by atoms with Crippen molar-refractivity contribution in [3.8, 4) is 0 Å². The topological polar surface area (TPSA) is 77.5 Å². The van der Waals surface area contributed by atoms with Crippen LogP contribution < -0.4 is 5.32 Å². The Morgan fingerprint density at radius 2 is 1.96 bits per heavy atom. The summed E-state index contributed by atoms with van der Waals surface area (Å²) >= 11 is 6.01. The minimum atomic E-state index is -0.744. The molecule has 1 amide bonds. The number of nitrogens with one attached hydrogen (secondary N) is 1. The fraction of sp³-hybridized carbons (Fsp3) is 0.188. The van der Waals surface area contributed by atoms with Gasteiger partial charge in [-0.3, -0.25) is 5.32 Å². The fourth-order valence-corrected chi connectivity index (χ4v) is 2.17. The normalized spacial score (nSPS) is 10.0. The highest BCUT2D eigenvalue weighted by atomic mass is 35.5. The quantitative estimate of drug-likeness (QED) is 0.683. The van der Waals surface area contributed by atoms with Crippen LogP contribution in [0.25, 0.3) is 0 Å². The van der Waals surface area contributed by atoms with Crippen molar-refractivity contribution in [2.45, 2.75) is 13.5 Å². The highest BCUT2D eigenvalue weighted by Gasteiger charge is 2.19. The molecule has 0 bridgehead atoms. The summed E-state index contributed by atoms with van der Waals surface area (Å²) in [6.07, 6.45) is -0.744. The van der Waals surface area contributed by atoms with Gasteiger partial charge < -0.3 is 9.47 Å². The fourth-order valence-electron chi connectivity index (χ4n) is 1.89. The van der Waals surface area contributed by atoms with E-state index >= 15 is 0 Å². The molecule has 1 N–H and O–H groups in total. The van der Waals surface area contributed by atoms with Crippen molar-refractivity contribution in [2.24, 2.45) is 0 Å². The highest BCUT2D eigenvalue weighted by Crippen LogP contribution is 2.26. The van der Waals surface area contributed by atoms with Crippen LogP contribution in [-0.2, 0) is 16.1 Å². The second kappa shape index (κ2) is 7.60. The molecule has 1 aromatic heterocycles. The van der Waals surface area contributed by atoms with Crippen molar-refractivity contribution in [1.29, 1.82) is 0 Å². The molecule has 6 nitrogen and oxygen atoms in total. The maximum absolute atomic E-state index is 11.9. The average Bonchev–Trinajstić information content (AvgIpc) is 2.55. The third-order valence-corrected chi connectivity index (χ3v) is 3.22. The number of ether oxygens (including phenoxy) is 2. The number of halogens is 1. The number of carbonyl (C=O) groups excluding carboxylic acids is 2. The summed E-state index contributed by atoms with van der Waals surface area (Å²) in [5, 5.41) is 2.42. The van der Waals surface area contributed by atoms with E-state index in [4.69, 9.17) is 16.3 Å². The molecule has 0 radical (unpaired) electrons. The van der Waals surface area contributed by atoms with Gasteiger partial charge in [-0.1, -0.05) is 41.9 Å². The van der Waals surface area contributed by atoms with Gasteiger partial charge >= 0.3 is 12.1 Å². The van der Waals surface area contributed by atoms with Crippen LogP contribution in [0.2, 0.25) is 5.15 Å². The Bertz CT molecular complexity index is 720. The average molecular weight is 335 g/mol. The van der Waals surface area contributed by atoms with Gasteiger partial charge in [0.15, 0.2) is 5.15 Å². The Morgan fingerprint density at radius 1 is 1.26 bits per heavy atom. The molecule has 1 heterocycles. The Hall–Kier alpha value is -2.60. The van der Waals surface area contributed by atoms with Gasteiger partial charge in [0.05, 0.1) is 18.4 Å². The van der Waals surface area contributed by atoms with E-state index in [-0.39, 0.29) is 23.0 Å². The molecule has 0 saturated heterocycles. The first-order valence-corrected chi connectivity index (χ1v) is 7.12. The summed E-state index contributed by atoms with van der Waals surface area (Å²) < 4.78 is 9.78. The molecule has 0 unspecified atom stereocenters. The van der Waals surface area contributed by atoms with E-state index in [1.165, 1.54) is 13.2 Å². The van der Waals surface area contributed by atoms with Crippen molar-refractivity contribution in [3.05, 3.63) is 58.4 Å². The number of carbonyl (C=O) groups is 2. The summed E-state index contributed by atoms with van der Waals surface area (Å²) in [7, 11) is 1.24. The summed E-state index contributed by atoms with van der Waals surface area (Å²) in [5.41, 5.74) is 1.53. The third kappa shape index (κ3) is 4.43. The van der Waals surface area contributed by atoms with Crippen LogP contribution in [-0.4, -0.2) is 24.2 Å². The summed E-state index contributed by atoms with van der Waals surface area (Å²) in [5.74, 6) is -0.629. The van der Waals surface area contributed by atoms with Crippen LogP contribution in [0, 0.1) is 6.92 Å². The predicted molar refractivity (Wildman–Crippen MR) is 85.6 cm³/mol. The molecule has 0 saturated carbocycles. The van der Waals surface area contributed by atoms with Gasteiger partial charge in [-0.15, -0.1) is 0 Å². The molecule has 0 atom stereocenters. The number of hydrogen-bond donors (Lipinski definition) is 1. The van der Waals surface area contributed by atoms with E-state index in [9.17, 15) is 9.59 Å². The number of methoxy groups -OCH3 is 1. The number of aryl methyl sites for hydroxylation is 1. The molecule has 23 heavy (non-hydrogen) atoms. The van der Waals surface area contributed by atoms with Crippen molar-refractivity contribution in [3.63, 3.8) is 0 Å². The second-order valence-electron chi connectivity index (χ2n) is 4.66. The van der Waals surface area contributed by atoms with Gasteiger partial charge in [-0.05, 0) is 18.6 Å². The molecular formula is C16H15ClN2O4. The molecule has 0 aliphatic heterocycles. The lowest BCUT2D eigenvalue weighted by atomic mass is 10.2. The van der Waals surface area contributed by atoms with Gasteiger partial charge in [-0.2, -0.15) is 0 Å². The number of anilines is 1. The molecule has 120 valence electrons. The van der Waals surface area contributed by atoms with E-state index in [0.717, 1.165) is 5.56 Å². The standard InChI is InChI=1S/C16H15ClN2O4/c1-10-8-12(15(20)22-2)13(14(17)18-10)19-16(21)23-9-11-6-4-3-5-7-11/h3-8H,9H2,1-2H3,(H,19,21). The number of esters is 1. The molecule has 0 fully saturated rings. The number of aromatic nitrogens is 1. The first-order chi connectivity index (χ1) is 11.0. The number of pyridine rings is 1. The summed E-state index contributed by atoms with van der Waals surface area (Å²) in [6.45, 7) is 1.77. The van der Waals surface area contributed by atoms with E-state index in [2.05, 4.69) is 15.0 Å². The first kappa shape index (κ1) is 16.8. The monoisotopic (exact) mass is 334 g/mol. The second-order valence-corrected chi connectivity index (χ2v) is 5.01. The first-order valence-electron chi connectivity index (χ1n) is 6.74. The van der Waals surface area contributed by atoms with Crippen molar-refractivity contribution >= 4 is 29.4 Å². The Labute approximate surface area is 138 Å². The van der Waals surface area contributed by atoms with Crippen LogP contribution in [0.15, 0.2) is 36.4 Å². The van der Waals surface area contributed by atoms with Crippen molar-refractivity contribution in [2.75, 3.05) is 12.4 Å². The van der Waals surface area contributed by atoms with Gasteiger partial charge in [0.1, 0.15) is 6.61 Å². The number of amides is 1. The van der Waals surface area contributed by atoms with Gasteiger partial charge in [0.25, 0.3) is 0 Å². The Kier molecular flexibility index (Phi) is 5.54. The van der Waals surface area contributed by atoms with E-state index in [0.29, 0.717) is 5.69 Å². The molecule has 0 aliphatic carbocycles. The molecule has 2 rings (SSSR count). The van der Waals surface area contributed by atoms with Gasteiger partial charge in [-0.25, -0.2) is 14.6 Å². The maximum Gasteiger partial charge on any atom is 0.412 e. The van der Waals surface area contributed by atoms with E-state index in [1.54, 1.807) is 6.92 Å². The summed E-state index contributed by atoms with van der Waals surface area (Å²) in [4.78, 5) is 27.7. The number of rotatable bonds is 4. The Balaban J connectivity index is 2.12. The van der Waals surface area contributed by atoms with Crippen LogP contribution in [0.4, 0.5) is 10.5 Å². The van der Waals surface area contributed by atoms with Gasteiger partial charge in [0, 0.05) is 5.69 Å². The number of hydrogen-bond acceptors (Lipinski definition) is 5. The molecule has 2 aromatic rings. The highest BCUT2D eigenvalue weighted by molar-refractivity contribution is 6.33. The predicted octanol–water partition coefficient (Wildman–Crippen LogP) is 3.58. The lowest BCUT2D eigenvalue weighted by molar-refractivity contribution is 0.0601. The zero-order valence-electron chi connectivity index (χ0n) is 12.6. The summed E-state index contributed by atoms with van der Waals surface area (Å²) in [6, 6.07) is 10.7. The van der Waals surface area contributed by atoms with Gasteiger partial charge in [0.2, 0.25) is 0 Å². The Morgan fingerprint density at radius 3 is 2.61 bits per heavy atom. The van der Waals surface area contributed by atoms with Crippen LogP contribution in [0.5, 0.6) is 0 Å². The molecule has 1 aromatic carbocycles. The van der Waals surface area contributed by atoms with E-state index in [1.807, 2.05) is 30.3 Å². The van der Waals surface area contributed by atoms with Crippen LogP contribution in [0.3, 0.4) is 0 Å². The largest absolute Gasteiger partial charge is 0.465 e. The van der Waals surface area contributed by atoms with Crippen molar-refractivity contribution < 1.29 is 19.1 Å². The molecule has 0 aliphatic rings. The zero-order chi connectivity index (χ0) is 16.8. The smallest absolute Gasteiger partial charge is 0.412 e. The third-order valence-electron chi connectivity index (χ3n) is 2.95.